The molecule has 1 heterocycles. The van der Waals surface area contributed by atoms with E-state index in [-0.39, 0.29) is 0 Å². The Balaban J connectivity index is 2.38. The summed E-state index contributed by atoms with van der Waals surface area (Å²) in [7, 11) is 0. The molecule has 1 fully saturated rings. The first-order valence-corrected chi connectivity index (χ1v) is 5.74. The van der Waals surface area contributed by atoms with Gasteiger partial charge in [0.1, 0.15) is 0 Å². The summed E-state index contributed by atoms with van der Waals surface area (Å²) < 4.78 is 5.54. The second-order valence-electron chi connectivity index (χ2n) is 4.26. The zero-order chi connectivity index (χ0) is 10.6. The first-order valence-electron chi connectivity index (χ1n) is 5.74. The summed E-state index contributed by atoms with van der Waals surface area (Å²) in [6.07, 6.45) is 0.389. The summed E-state index contributed by atoms with van der Waals surface area (Å²) in [4.78, 5) is 2.52. The fourth-order valence-corrected chi connectivity index (χ4v) is 2.02. The van der Waals surface area contributed by atoms with Crippen molar-refractivity contribution >= 4 is 0 Å². The molecule has 0 amide bonds. The highest BCUT2D eigenvalue weighted by Gasteiger charge is 2.24. The van der Waals surface area contributed by atoms with Gasteiger partial charge in [-0.15, -0.1) is 0 Å². The van der Waals surface area contributed by atoms with Gasteiger partial charge in [0.25, 0.3) is 0 Å². The molecule has 3 nitrogen and oxygen atoms in total. The first kappa shape index (κ1) is 12.0. The number of hydrogen-bond acceptors (Lipinski definition) is 3. The Morgan fingerprint density at radius 2 is 2.21 bits per heavy atom. The van der Waals surface area contributed by atoms with E-state index in [1.54, 1.807) is 0 Å². The monoisotopic (exact) mass is 200 g/mol. The van der Waals surface area contributed by atoms with Gasteiger partial charge in [-0.05, 0) is 27.3 Å². The number of hydrogen-bond donors (Lipinski definition) is 1. The van der Waals surface area contributed by atoms with Crippen LogP contribution in [0.15, 0.2) is 0 Å². The topological polar surface area (TPSA) is 24.5 Å². The lowest BCUT2D eigenvalue weighted by Gasteiger charge is -2.38. The standard InChI is InChI=1S/C11H24N2O/c1-5-12-10(3)11(4)13-6-7-14-9(2)8-13/h9-12H,5-8H2,1-4H3. The van der Waals surface area contributed by atoms with Crippen LogP contribution in [0.2, 0.25) is 0 Å². The summed E-state index contributed by atoms with van der Waals surface area (Å²) in [6.45, 7) is 12.9. The van der Waals surface area contributed by atoms with E-state index in [0.29, 0.717) is 18.2 Å². The number of ether oxygens (including phenoxy) is 1. The highest BCUT2D eigenvalue weighted by Crippen LogP contribution is 2.10. The summed E-state index contributed by atoms with van der Waals surface area (Å²) in [5, 5.41) is 3.47. The maximum absolute atomic E-state index is 5.54. The molecule has 0 aromatic heterocycles. The Morgan fingerprint density at radius 1 is 1.50 bits per heavy atom. The van der Waals surface area contributed by atoms with Crippen LogP contribution >= 0.6 is 0 Å². The molecule has 0 radical (unpaired) electrons. The third-order valence-corrected chi connectivity index (χ3v) is 3.10. The van der Waals surface area contributed by atoms with E-state index in [2.05, 4.69) is 37.9 Å². The van der Waals surface area contributed by atoms with Crippen molar-refractivity contribution in [3.05, 3.63) is 0 Å². The molecule has 14 heavy (non-hydrogen) atoms. The smallest absolute Gasteiger partial charge is 0.0674 e. The predicted octanol–water partition coefficient (Wildman–Crippen LogP) is 1.09. The van der Waals surface area contributed by atoms with Crippen molar-refractivity contribution in [3.8, 4) is 0 Å². The maximum Gasteiger partial charge on any atom is 0.0674 e. The van der Waals surface area contributed by atoms with Crippen LogP contribution < -0.4 is 5.32 Å². The maximum atomic E-state index is 5.54. The normalized spacial score (nSPS) is 28.7. The van der Waals surface area contributed by atoms with Crippen LogP contribution in [0, 0.1) is 0 Å². The lowest BCUT2D eigenvalue weighted by atomic mass is 10.1. The molecule has 84 valence electrons. The third kappa shape index (κ3) is 3.23. The van der Waals surface area contributed by atoms with Crippen molar-refractivity contribution in [2.45, 2.75) is 45.9 Å². The number of nitrogens with zero attached hydrogens (tertiary/aromatic N) is 1. The van der Waals surface area contributed by atoms with Gasteiger partial charge in [-0.3, -0.25) is 4.90 Å². The molecule has 3 heteroatoms. The summed E-state index contributed by atoms with van der Waals surface area (Å²) in [6, 6.07) is 1.16. The average Bonchev–Trinajstić information content (AvgIpc) is 2.17. The number of rotatable bonds is 4. The predicted molar refractivity (Wildman–Crippen MR) is 59.6 cm³/mol. The van der Waals surface area contributed by atoms with Crippen molar-refractivity contribution in [2.24, 2.45) is 0 Å². The Hall–Kier alpha value is -0.120. The fourth-order valence-electron chi connectivity index (χ4n) is 2.02. The summed E-state index contributed by atoms with van der Waals surface area (Å²) in [5.41, 5.74) is 0. The highest BCUT2D eigenvalue weighted by molar-refractivity contribution is 4.80. The van der Waals surface area contributed by atoms with Crippen LogP contribution in [-0.4, -0.2) is 49.3 Å². The van der Waals surface area contributed by atoms with Crippen molar-refractivity contribution in [1.82, 2.24) is 10.2 Å². The van der Waals surface area contributed by atoms with Gasteiger partial charge < -0.3 is 10.1 Å². The molecule has 0 aromatic rings. The minimum Gasteiger partial charge on any atom is -0.376 e. The molecule has 0 bridgehead atoms. The quantitative estimate of drug-likeness (QED) is 0.735. The van der Waals surface area contributed by atoms with Gasteiger partial charge in [0.15, 0.2) is 0 Å². The molecule has 1 aliphatic rings. The Kier molecular flexibility index (Phi) is 4.85. The van der Waals surface area contributed by atoms with Gasteiger partial charge in [-0.25, -0.2) is 0 Å². The third-order valence-electron chi connectivity index (χ3n) is 3.10. The van der Waals surface area contributed by atoms with E-state index in [9.17, 15) is 0 Å². The average molecular weight is 200 g/mol. The molecule has 1 aliphatic heterocycles. The van der Waals surface area contributed by atoms with Gasteiger partial charge in [-0.1, -0.05) is 6.92 Å². The van der Waals surface area contributed by atoms with E-state index in [1.807, 2.05) is 0 Å². The molecule has 3 unspecified atom stereocenters. The molecule has 0 aliphatic carbocycles. The lowest BCUT2D eigenvalue weighted by molar-refractivity contribution is -0.0356. The highest BCUT2D eigenvalue weighted by atomic mass is 16.5. The number of morpholine rings is 1. The van der Waals surface area contributed by atoms with E-state index in [4.69, 9.17) is 4.74 Å². The van der Waals surface area contributed by atoms with Gasteiger partial charge in [-0.2, -0.15) is 0 Å². The van der Waals surface area contributed by atoms with Crippen LogP contribution in [0.4, 0.5) is 0 Å². The van der Waals surface area contributed by atoms with E-state index in [0.717, 1.165) is 26.2 Å². The molecule has 1 saturated heterocycles. The van der Waals surface area contributed by atoms with Crippen LogP contribution in [-0.2, 0) is 4.74 Å². The van der Waals surface area contributed by atoms with Crippen molar-refractivity contribution in [2.75, 3.05) is 26.2 Å². The fraction of sp³-hybridized carbons (Fsp3) is 1.00. The minimum atomic E-state index is 0.389. The number of likely N-dealkylation sites (N-methyl/N-ethyl adjacent to an activating group) is 1. The SMILES string of the molecule is CCNC(C)C(C)N1CCOC(C)C1. The molecule has 0 spiro atoms. The van der Waals surface area contributed by atoms with Crippen molar-refractivity contribution in [1.29, 1.82) is 0 Å². The molecule has 1 N–H and O–H groups in total. The van der Waals surface area contributed by atoms with Gasteiger partial charge >= 0.3 is 0 Å². The molecule has 3 atom stereocenters. The second kappa shape index (κ2) is 5.69. The zero-order valence-corrected chi connectivity index (χ0v) is 9.92. The van der Waals surface area contributed by atoms with Crippen LogP contribution in [0.5, 0.6) is 0 Å². The Bertz CT molecular complexity index is 163. The lowest BCUT2D eigenvalue weighted by Crippen LogP contribution is -2.52. The first-order chi connectivity index (χ1) is 6.65. The second-order valence-corrected chi connectivity index (χ2v) is 4.26. The van der Waals surface area contributed by atoms with E-state index in [1.165, 1.54) is 0 Å². The molecular weight excluding hydrogens is 176 g/mol. The van der Waals surface area contributed by atoms with Gasteiger partial charge in [0, 0.05) is 25.2 Å². The van der Waals surface area contributed by atoms with Gasteiger partial charge in [0.2, 0.25) is 0 Å². The van der Waals surface area contributed by atoms with Crippen LogP contribution in [0.25, 0.3) is 0 Å². The Morgan fingerprint density at radius 3 is 2.79 bits per heavy atom. The minimum absolute atomic E-state index is 0.389. The Labute approximate surface area is 87.8 Å². The van der Waals surface area contributed by atoms with E-state index >= 15 is 0 Å². The molecule has 0 saturated carbocycles. The van der Waals surface area contributed by atoms with Gasteiger partial charge in [0.05, 0.1) is 12.7 Å². The summed E-state index contributed by atoms with van der Waals surface area (Å²) >= 11 is 0. The molecular formula is C11H24N2O. The van der Waals surface area contributed by atoms with Crippen molar-refractivity contribution < 1.29 is 4.74 Å². The van der Waals surface area contributed by atoms with Crippen LogP contribution in [0.1, 0.15) is 27.7 Å². The molecule has 0 aromatic carbocycles. The number of nitrogens with one attached hydrogen (secondary N) is 1. The zero-order valence-electron chi connectivity index (χ0n) is 9.92. The molecule has 1 rings (SSSR count). The summed E-state index contributed by atoms with van der Waals surface area (Å²) in [5.74, 6) is 0. The van der Waals surface area contributed by atoms with E-state index < -0.39 is 0 Å². The van der Waals surface area contributed by atoms with Crippen LogP contribution in [0.3, 0.4) is 0 Å². The van der Waals surface area contributed by atoms with Crippen molar-refractivity contribution in [3.63, 3.8) is 0 Å². The largest absolute Gasteiger partial charge is 0.376 e.